The van der Waals surface area contributed by atoms with Gasteiger partial charge in [-0.05, 0) is 51.1 Å². The number of carbonyl (C=O) groups excluding carboxylic acids is 2. The van der Waals surface area contributed by atoms with Crippen LogP contribution in [0.1, 0.15) is 15.9 Å². The summed E-state index contributed by atoms with van der Waals surface area (Å²) in [7, 11) is 1.98. The number of nitrogens with one attached hydrogen (secondary N) is 1. The molecule has 0 aliphatic carbocycles. The molecule has 0 unspecified atom stereocenters. The van der Waals surface area contributed by atoms with E-state index >= 15 is 0 Å². The molecule has 1 aliphatic heterocycles. The molecule has 102 valence electrons. The zero-order chi connectivity index (χ0) is 14.3. The van der Waals surface area contributed by atoms with E-state index < -0.39 is 11.7 Å². The van der Waals surface area contributed by atoms with Gasteiger partial charge in [0, 0.05) is 19.3 Å². The number of benzene rings is 1. The van der Waals surface area contributed by atoms with Gasteiger partial charge in [0.25, 0.3) is 11.7 Å². The molecule has 2 heterocycles. The third kappa shape index (κ3) is 2.36. The standard InChI is InChI=1S/C14H11BrN2O2S/c1-17(6-8-4-12(15)20-7-8)9-2-3-10-11(5-9)16-14(19)13(10)18/h2-5,7H,6H2,1H3,(H,16,18,19). The van der Waals surface area contributed by atoms with E-state index in [1.54, 1.807) is 17.4 Å². The number of anilines is 2. The lowest BCUT2D eigenvalue weighted by Crippen LogP contribution is -2.15. The third-order valence-corrected chi connectivity index (χ3v) is 4.74. The average Bonchev–Trinajstić information content (AvgIpc) is 2.94. The van der Waals surface area contributed by atoms with Crippen molar-refractivity contribution in [3.8, 4) is 0 Å². The molecule has 1 aromatic heterocycles. The Bertz CT molecular complexity index is 711. The first-order valence-corrected chi connectivity index (χ1v) is 7.65. The Hall–Kier alpha value is -1.66. The third-order valence-electron chi connectivity index (χ3n) is 3.18. The minimum absolute atomic E-state index is 0.449. The molecule has 1 aromatic carbocycles. The SMILES string of the molecule is CN(Cc1csc(Br)c1)c1ccc2c(c1)NC(=O)C2=O. The molecule has 0 saturated carbocycles. The second-order valence-electron chi connectivity index (χ2n) is 4.63. The number of fused-ring (bicyclic) bond motifs is 1. The Labute approximate surface area is 128 Å². The summed E-state index contributed by atoms with van der Waals surface area (Å²) in [4.78, 5) is 24.9. The molecule has 4 nitrogen and oxygen atoms in total. The first-order valence-electron chi connectivity index (χ1n) is 5.98. The second kappa shape index (κ2) is 5.03. The van der Waals surface area contributed by atoms with Crippen molar-refractivity contribution in [1.29, 1.82) is 0 Å². The van der Waals surface area contributed by atoms with Gasteiger partial charge in [-0.15, -0.1) is 11.3 Å². The summed E-state index contributed by atoms with van der Waals surface area (Å²) >= 11 is 5.10. The molecular weight excluding hydrogens is 340 g/mol. The van der Waals surface area contributed by atoms with Gasteiger partial charge in [0.15, 0.2) is 0 Å². The van der Waals surface area contributed by atoms with Gasteiger partial charge in [0.2, 0.25) is 0 Å². The van der Waals surface area contributed by atoms with Crippen molar-refractivity contribution in [3.63, 3.8) is 0 Å². The van der Waals surface area contributed by atoms with Gasteiger partial charge < -0.3 is 10.2 Å². The lowest BCUT2D eigenvalue weighted by atomic mass is 10.1. The van der Waals surface area contributed by atoms with Crippen LogP contribution in [0, 0.1) is 0 Å². The number of ketones is 1. The van der Waals surface area contributed by atoms with Crippen LogP contribution < -0.4 is 10.2 Å². The van der Waals surface area contributed by atoms with E-state index in [9.17, 15) is 9.59 Å². The maximum absolute atomic E-state index is 11.5. The van der Waals surface area contributed by atoms with Crippen molar-refractivity contribution in [2.24, 2.45) is 0 Å². The number of hydrogen-bond acceptors (Lipinski definition) is 4. The number of halogens is 1. The Morgan fingerprint density at radius 1 is 1.30 bits per heavy atom. The molecule has 20 heavy (non-hydrogen) atoms. The number of carbonyl (C=O) groups is 2. The smallest absolute Gasteiger partial charge is 0.296 e. The number of nitrogens with zero attached hydrogens (tertiary/aromatic N) is 1. The van der Waals surface area contributed by atoms with Crippen LogP contribution >= 0.6 is 27.3 Å². The highest BCUT2D eigenvalue weighted by atomic mass is 79.9. The lowest BCUT2D eigenvalue weighted by Gasteiger charge is -2.19. The Morgan fingerprint density at radius 2 is 2.10 bits per heavy atom. The maximum atomic E-state index is 11.5. The Morgan fingerprint density at radius 3 is 2.80 bits per heavy atom. The van der Waals surface area contributed by atoms with Crippen LogP contribution in [-0.2, 0) is 11.3 Å². The summed E-state index contributed by atoms with van der Waals surface area (Å²) in [5, 5.41) is 4.69. The first kappa shape index (κ1) is 13.3. The van der Waals surface area contributed by atoms with Crippen LogP contribution in [0.15, 0.2) is 33.4 Å². The fourth-order valence-corrected chi connectivity index (χ4v) is 3.37. The molecular formula is C14H11BrN2O2S. The monoisotopic (exact) mass is 350 g/mol. The highest BCUT2D eigenvalue weighted by Gasteiger charge is 2.28. The van der Waals surface area contributed by atoms with Crippen LogP contribution in [0.5, 0.6) is 0 Å². The topological polar surface area (TPSA) is 49.4 Å². The maximum Gasteiger partial charge on any atom is 0.296 e. The molecule has 0 fully saturated rings. The van der Waals surface area contributed by atoms with E-state index in [4.69, 9.17) is 0 Å². The van der Waals surface area contributed by atoms with Gasteiger partial charge in [-0.25, -0.2) is 0 Å². The van der Waals surface area contributed by atoms with Crippen LogP contribution in [-0.4, -0.2) is 18.7 Å². The number of thiophene rings is 1. The second-order valence-corrected chi connectivity index (χ2v) is 6.92. The van der Waals surface area contributed by atoms with E-state index in [1.807, 2.05) is 19.2 Å². The first-order chi connectivity index (χ1) is 9.54. The summed E-state index contributed by atoms with van der Waals surface area (Å²) in [6.45, 7) is 0.767. The minimum Gasteiger partial charge on any atom is -0.370 e. The van der Waals surface area contributed by atoms with E-state index in [-0.39, 0.29) is 0 Å². The van der Waals surface area contributed by atoms with Crippen molar-refractivity contribution in [3.05, 3.63) is 44.6 Å². The van der Waals surface area contributed by atoms with Crippen molar-refractivity contribution in [2.75, 3.05) is 17.3 Å². The summed E-state index contributed by atoms with van der Waals surface area (Å²) in [6.07, 6.45) is 0. The van der Waals surface area contributed by atoms with Gasteiger partial charge in [-0.2, -0.15) is 0 Å². The van der Waals surface area contributed by atoms with Crippen molar-refractivity contribution in [2.45, 2.75) is 6.54 Å². The minimum atomic E-state index is -0.554. The molecule has 0 radical (unpaired) electrons. The van der Waals surface area contributed by atoms with E-state index in [0.29, 0.717) is 11.3 Å². The zero-order valence-electron chi connectivity index (χ0n) is 10.6. The average molecular weight is 351 g/mol. The van der Waals surface area contributed by atoms with Gasteiger partial charge in [0.05, 0.1) is 15.0 Å². The van der Waals surface area contributed by atoms with Crippen molar-refractivity contribution in [1.82, 2.24) is 0 Å². The fourth-order valence-electron chi connectivity index (χ4n) is 2.17. The summed E-state index contributed by atoms with van der Waals surface area (Å²) in [5.41, 5.74) is 3.22. The van der Waals surface area contributed by atoms with Crippen LogP contribution in [0.2, 0.25) is 0 Å². The molecule has 3 rings (SSSR count). The van der Waals surface area contributed by atoms with Gasteiger partial charge in [-0.3, -0.25) is 9.59 Å². The Kier molecular flexibility index (Phi) is 3.35. The van der Waals surface area contributed by atoms with E-state index in [1.165, 1.54) is 5.56 Å². The number of rotatable bonds is 3. The van der Waals surface area contributed by atoms with Crippen LogP contribution in [0.3, 0.4) is 0 Å². The molecule has 0 saturated heterocycles. The summed E-state index contributed by atoms with van der Waals surface area (Å²) in [5.74, 6) is -1.02. The summed E-state index contributed by atoms with van der Waals surface area (Å²) in [6, 6.07) is 7.47. The molecule has 0 spiro atoms. The zero-order valence-corrected chi connectivity index (χ0v) is 13.0. The fraction of sp³-hybridized carbons (Fsp3) is 0.143. The normalized spacial score (nSPS) is 13.3. The highest BCUT2D eigenvalue weighted by molar-refractivity contribution is 9.11. The molecule has 1 aliphatic rings. The molecule has 0 bridgehead atoms. The Balaban J connectivity index is 1.83. The van der Waals surface area contributed by atoms with Crippen molar-refractivity contribution < 1.29 is 9.59 Å². The van der Waals surface area contributed by atoms with Gasteiger partial charge in [-0.1, -0.05) is 0 Å². The molecule has 1 amide bonds. The highest BCUT2D eigenvalue weighted by Crippen LogP contribution is 2.29. The molecule has 0 atom stereocenters. The number of hydrogen-bond donors (Lipinski definition) is 1. The quantitative estimate of drug-likeness (QED) is 0.864. The van der Waals surface area contributed by atoms with Crippen molar-refractivity contribution >= 4 is 50.3 Å². The molecule has 1 N–H and O–H groups in total. The predicted octanol–water partition coefficient (Wildman–Crippen LogP) is 3.28. The largest absolute Gasteiger partial charge is 0.370 e. The number of amides is 1. The molecule has 2 aromatic rings. The van der Waals surface area contributed by atoms with Crippen LogP contribution in [0.25, 0.3) is 0 Å². The predicted molar refractivity (Wildman–Crippen MR) is 83.5 cm³/mol. The van der Waals surface area contributed by atoms with E-state index in [2.05, 4.69) is 37.6 Å². The summed E-state index contributed by atoms with van der Waals surface area (Å²) < 4.78 is 1.10. The van der Waals surface area contributed by atoms with Gasteiger partial charge in [0.1, 0.15) is 0 Å². The van der Waals surface area contributed by atoms with E-state index in [0.717, 1.165) is 16.0 Å². The lowest BCUT2D eigenvalue weighted by molar-refractivity contribution is -0.112. The number of Topliss-reactive ketones (excluding diaryl/α,β-unsaturated/α-hetero) is 1. The molecule has 6 heteroatoms. The van der Waals surface area contributed by atoms with Gasteiger partial charge >= 0.3 is 0 Å². The van der Waals surface area contributed by atoms with Crippen LogP contribution in [0.4, 0.5) is 11.4 Å².